The van der Waals surface area contributed by atoms with Crippen LogP contribution < -0.4 is 9.62 Å². The minimum atomic E-state index is -3.78. The van der Waals surface area contributed by atoms with E-state index in [9.17, 15) is 13.2 Å². The number of carbonyl (C=O) groups is 1. The van der Waals surface area contributed by atoms with Gasteiger partial charge in [-0.1, -0.05) is 60.1 Å². The van der Waals surface area contributed by atoms with Gasteiger partial charge < -0.3 is 5.32 Å². The summed E-state index contributed by atoms with van der Waals surface area (Å²) >= 11 is 6.16. The molecule has 30 heavy (non-hydrogen) atoms. The average Bonchev–Trinajstić information content (AvgIpc) is 2.77. The van der Waals surface area contributed by atoms with Gasteiger partial charge in [0, 0.05) is 18.6 Å². The van der Waals surface area contributed by atoms with E-state index in [0.29, 0.717) is 22.8 Å². The van der Waals surface area contributed by atoms with Gasteiger partial charge in [-0.05, 0) is 48.7 Å². The van der Waals surface area contributed by atoms with Crippen LogP contribution in [0.4, 0.5) is 5.69 Å². The first-order valence-electron chi connectivity index (χ1n) is 9.56. The fourth-order valence-corrected chi connectivity index (χ4v) is 4.56. The van der Waals surface area contributed by atoms with Gasteiger partial charge in [-0.2, -0.15) is 0 Å². The first-order valence-corrected chi connectivity index (χ1v) is 11.4. The van der Waals surface area contributed by atoms with Crippen LogP contribution in [0.2, 0.25) is 5.02 Å². The van der Waals surface area contributed by atoms with Crippen molar-refractivity contribution >= 4 is 33.2 Å². The minimum absolute atomic E-state index is 0.169. The van der Waals surface area contributed by atoms with Gasteiger partial charge in [0.05, 0.1) is 16.1 Å². The van der Waals surface area contributed by atoms with E-state index in [0.717, 1.165) is 22.7 Å². The Labute approximate surface area is 182 Å². The Morgan fingerprint density at radius 1 is 0.933 bits per heavy atom. The number of anilines is 1. The third-order valence-corrected chi connectivity index (χ3v) is 6.91. The molecule has 0 bridgehead atoms. The van der Waals surface area contributed by atoms with E-state index in [2.05, 4.69) is 5.32 Å². The van der Waals surface area contributed by atoms with Crippen LogP contribution >= 0.6 is 11.6 Å². The molecule has 0 saturated carbocycles. The van der Waals surface area contributed by atoms with Crippen molar-refractivity contribution in [2.24, 2.45) is 0 Å². The van der Waals surface area contributed by atoms with Crippen LogP contribution in [0.1, 0.15) is 22.3 Å². The number of benzene rings is 3. The summed E-state index contributed by atoms with van der Waals surface area (Å²) in [6.45, 7) is 0.452. The second-order valence-corrected chi connectivity index (χ2v) is 9.13. The number of sulfonamides is 1. The van der Waals surface area contributed by atoms with E-state index in [1.165, 1.54) is 19.2 Å². The lowest BCUT2D eigenvalue weighted by Gasteiger charge is -2.22. The van der Waals surface area contributed by atoms with Gasteiger partial charge in [0.2, 0.25) is 0 Å². The van der Waals surface area contributed by atoms with Gasteiger partial charge in [-0.15, -0.1) is 0 Å². The molecule has 0 saturated heterocycles. The largest absolute Gasteiger partial charge is 0.352 e. The Balaban J connectivity index is 1.70. The molecule has 0 radical (unpaired) electrons. The zero-order valence-corrected chi connectivity index (χ0v) is 18.2. The number of hydrogen-bond donors (Lipinski definition) is 1. The quantitative estimate of drug-likeness (QED) is 0.521. The van der Waals surface area contributed by atoms with Crippen molar-refractivity contribution in [2.45, 2.75) is 17.7 Å². The summed E-state index contributed by atoms with van der Waals surface area (Å²) < 4.78 is 27.0. The van der Waals surface area contributed by atoms with Crippen LogP contribution in [0, 0.1) is 0 Å². The van der Waals surface area contributed by atoms with Gasteiger partial charge in [0.15, 0.2) is 0 Å². The Bertz CT molecular complexity index is 1120. The molecule has 0 unspecified atom stereocenters. The normalized spacial score (nSPS) is 11.1. The highest BCUT2D eigenvalue weighted by molar-refractivity contribution is 7.92. The summed E-state index contributed by atoms with van der Waals surface area (Å²) in [7, 11) is -2.33. The lowest BCUT2D eigenvalue weighted by atomic mass is 10.1. The van der Waals surface area contributed by atoms with Crippen molar-refractivity contribution < 1.29 is 13.2 Å². The maximum Gasteiger partial charge on any atom is 0.264 e. The van der Waals surface area contributed by atoms with E-state index in [4.69, 9.17) is 11.6 Å². The molecule has 3 aromatic carbocycles. The monoisotopic (exact) mass is 442 g/mol. The van der Waals surface area contributed by atoms with Crippen LogP contribution in [-0.2, 0) is 16.4 Å². The van der Waals surface area contributed by atoms with Gasteiger partial charge in [0.25, 0.3) is 15.9 Å². The SMILES string of the molecule is CN(c1ccccc1C(=O)NCCCc1ccccc1Cl)S(=O)(=O)c1ccccc1. The second kappa shape index (κ2) is 9.78. The molecule has 1 N–H and O–H groups in total. The molecule has 0 aliphatic rings. The van der Waals surface area contributed by atoms with Gasteiger partial charge in [0.1, 0.15) is 0 Å². The number of nitrogens with one attached hydrogen (secondary N) is 1. The van der Waals surface area contributed by atoms with E-state index in [1.54, 1.807) is 42.5 Å². The minimum Gasteiger partial charge on any atom is -0.352 e. The predicted molar refractivity (Wildman–Crippen MR) is 121 cm³/mol. The van der Waals surface area contributed by atoms with Crippen molar-refractivity contribution in [2.75, 3.05) is 17.9 Å². The molecular weight excluding hydrogens is 420 g/mol. The summed E-state index contributed by atoms with van der Waals surface area (Å²) in [5, 5.41) is 3.58. The highest BCUT2D eigenvalue weighted by Gasteiger charge is 2.24. The van der Waals surface area contributed by atoms with Gasteiger partial charge >= 0.3 is 0 Å². The number of amides is 1. The molecule has 156 valence electrons. The predicted octanol–water partition coefficient (Wildman–Crippen LogP) is 4.53. The number of halogens is 1. The van der Waals surface area contributed by atoms with E-state index >= 15 is 0 Å². The molecule has 0 spiro atoms. The molecule has 5 nitrogen and oxygen atoms in total. The summed E-state index contributed by atoms with van der Waals surface area (Å²) in [5.74, 6) is -0.320. The zero-order valence-electron chi connectivity index (χ0n) is 16.6. The second-order valence-electron chi connectivity index (χ2n) is 6.75. The average molecular weight is 443 g/mol. The number of rotatable bonds is 8. The van der Waals surface area contributed by atoms with Crippen LogP contribution in [0.15, 0.2) is 83.8 Å². The van der Waals surface area contributed by atoms with Crippen molar-refractivity contribution in [3.05, 3.63) is 95.0 Å². The molecule has 3 rings (SSSR count). The standard InChI is InChI=1S/C23H23ClN2O3S/c1-26(30(28,29)19-12-3-2-4-13-19)22-16-8-6-14-20(22)23(27)25-17-9-11-18-10-5-7-15-21(18)24/h2-8,10,12-16H,9,11,17H2,1H3,(H,25,27). The molecule has 0 aliphatic heterocycles. The maximum absolute atomic E-state index is 12.9. The molecule has 1 amide bonds. The summed E-state index contributed by atoms with van der Waals surface area (Å²) in [6, 6.07) is 22.4. The first kappa shape index (κ1) is 21.9. The number of aryl methyl sites for hydroxylation is 1. The van der Waals surface area contributed by atoms with E-state index < -0.39 is 10.0 Å². The third-order valence-electron chi connectivity index (χ3n) is 4.76. The lowest BCUT2D eigenvalue weighted by Crippen LogP contribution is -2.31. The number of hydrogen-bond acceptors (Lipinski definition) is 3. The fourth-order valence-electron chi connectivity index (χ4n) is 3.10. The smallest absolute Gasteiger partial charge is 0.264 e. The third kappa shape index (κ3) is 5.01. The number of para-hydroxylation sites is 1. The number of nitrogens with zero attached hydrogens (tertiary/aromatic N) is 1. The molecular formula is C23H23ClN2O3S. The fraction of sp³-hybridized carbons (Fsp3) is 0.174. The Hall–Kier alpha value is -2.83. The van der Waals surface area contributed by atoms with Crippen molar-refractivity contribution in [1.29, 1.82) is 0 Å². The lowest BCUT2D eigenvalue weighted by molar-refractivity contribution is 0.0954. The molecule has 0 aromatic heterocycles. The Morgan fingerprint density at radius 2 is 1.57 bits per heavy atom. The maximum atomic E-state index is 12.9. The van der Waals surface area contributed by atoms with Gasteiger partial charge in [-0.3, -0.25) is 9.10 Å². The first-order chi connectivity index (χ1) is 14.4. The number of carbonyl (C=O) groups excluding carboxylic acids is 1. The van der Waals surface area contributed by atoms with Crippen LogP contribution in [0.5, 0.6) is 0 Å². The molecule has 0 aliphatic carbocycles. The summed E-state index contributed by atoms with van der Waals surface area (Å²) in [5.41, 5.74) is 1.66. The Morgan fingerprint density at radius 3 is 2.30 bits per heavy atom. The highest BCUT2D eigenvalue weighted by Crippen LogP contribution is 2.25. The molecule has 0 fully saturated rings. The highest BCUT2D eigenvalue weighted by atomic mass is 35.5. The molecule has 7 heteroatoms. The molecule has 3 aromatic rings. The van der Waals surface area contributed by atoms with Crippen molar-refractivity contribution in [1.82, 2.24) is 5.32 Å². The van der Waals surface area contributed by atoms with Crippen molar-refractivity contribution in [3.63, 3.8) is 0 Å². The summed E-state index contributed by atoms with van der Waals surface area (Å²) in [4.78, 5) is 12.9. The van der Waals surface area contributed by atoms with E-state index in [-0.39, 0.29) is 10.8 Å². The van der Waals surface area contributed by atoms with Gasteiger partial charge in [-0.25, -0.2) is 8.42 Å². The molecule has 0 heterocycles. The Kier molecular flexibility index (Phi) is 7.13. The van der Waals surface area contributed by atoms with Crippen LogP contribution in [0.25, 0.3) is 0 Å². The zero-order chi connectivity index (χ0) is 21.6. The topological polar surface area (TPSA) is 66.5 Å². The summed E-state index contributed by atoms with van der Waals surface area (Å²) in [6.07, 6.45) is 1.46. The van der Waals surface area contributed by atoms with E-state index in [1.807, 2.05) is 24.3 Å². The van der Waals surface area contributed by atoms with Crippen LogP contribution in [0.3, 0.4) is 0 Å². The van der Waals surface area contributed by atoms with Crippen molar-refractivity contribution in [3.8, 4) is 0 Å². The van der Waals surface area contributed by atoms with Crippen LogP contribution in [-0.4, -0.2) is 27.9 Å². The molecule has 0 atom stereocenters.